The van der Waals surface area contributed by atoms with Crippen molar-refractivity contribution < 1.29 is 4.74 Å². The van der Waals surface area contributed by atoms with Crippen LogP contribution in [-0.2, 0) is 4.74 Å². The summed E-state index contributed by atoms with van der Waals surface area (Å²) in [6.45, 7) is 1.91. The van der Waals surface area contributed by atoms with Crippen molar-refractivity contribution in [2.24, 2.45) is 0 Å². The Labute approximate surface area is 98.8 Å². The highest BCUT2D eigenvalue weighted by Crippen LogP contribution is 2.31. The number of hydrogen-bond acceptors (Lipinski definition) is 4. The molecule has 2 saturated heterocycles. The maximum atomic E-state index is 5.85. The summed E-state index contributed by atoms with van der Waals surface area (Å²) in [6, 6.07) is 2.02. The van der Waals surface area contributed by atoms with E-state index < -0.39 is 0 Å². The first-order chi connectivity index (χ1) is 8.40. The Morgan fingerprint density at radius 1 is 1.29 bits per heavy atom. The van der Waals surface area contributed by atoms with Crippen molar-refractivity contribution >= 4 is 16.7 Å². The highest BCUT2D eigenvalue weighted by molar-refractivity contribution is 5.89. The van der Waals surface area contributed by atoms with Crippen molar-refractivity contribution in [1.82, 2.24) is 15.2 Å². The van der Waals surface area contributed by atoms with Crippen molar-refractivity contribution in [2.45, 2.75) is 25.0 Å². The highest BCUT2D eigenvalue weighted by Gasteiger charge is 2.34. The molecule has 17 heavy (non-hydrogen) atoms. The number of rotatable bonds is 1. The normalized spacial score (nSPS) is 27.9. The summed E-state index contributed by atoms with van der Waals surface area (Å²) in [5, 5.41) is 8.62. The smallest absolute Gasteiger partial charge is 0.158 e. The minimum absolute atomic E-state index is 0.391. The summed E-state index contributed by atoms with van der Waals surface area (Å²) in [5.41, 5.74) is 1.00. The summed E-state index contributed by atoms with van der Waals surface area (Å²) in [5.74, 6) is 1.04. The predicted octanol–water partition coefficient (Wildman–Crippen LogP) is 1.33. The average molecular weight is 230 g/mol. The standard InChI is InChI=1S/C12H14N4O/c1-2-9-7-16(6-8(1)17-9)12-10-3-4-13-5-11(10)14-15-12/h3-5,8-9H,1-2,6-7H2,(H,14,15). The second-order valence-electron chi connectivity index (χ2n) is 4.83. The number of aromatic amines is 1. The first-order valence-electron chi connectivity index (χ1n) is 6.08. The fourth-order valence-corrected chi connectivity index (χ4v) is 2.88. The number of fused-ring (bicyclic) bond motifs is 3. The molecule has 5 heteroatoms. The fraction of sp³-hybridized carbons (Fsp3) is 0.500. The van der Waals surface area contributed by atoms with Gasteiger partial charge in [0.05, 0.1) is 23.9 Å². The Morgan fingerprint density at radius 3 is 2.94 bits per heavy atom. The van der Waals surface area contributed by atoms with Crippen LogP contribution in [0.15, 0.2) is 18.5 Å². The van der Waals surface area contributed by atoms with Gasteiger partial charge in [-0.05, 0) is 18.9 Å². The van der Waals surface area contributed by atoms with Crippen LogP contribution in [0.2, 0.25) is 0 Å². The monoisotopic (exact) mass is 230 g/mol. The Kier molecular flexibility index (Phi) is 1.90. The molecular formula is C12H14N4O. The lowest BCUT2D eigenvalue weighted by Gasteiger charge is -2.32. The van der Waals surface area contributed by atoms with Crippen molar-refractivity contribution in [1.29, 1.82) is 0 Å². The summed E-state index contributed by atoms with van der Waals surface area (Å²) in [6.07, 6.45) is 6.79. The van der Waals surface area contributed by atoms with Gasteiger partial charge < -0.3 is 9.64 Å². The molecule has 2 aliphatic rings. The van der Waals surface area contributed by atoms with Crippen LogP contribution in [0.5, 0.6) is 0 Å². The molecule has 0 amide bonds. The number of ether oxygens (including phenoxy) is 1. The zero-order valence-electron chi connectivity index (χ0n) is 9.47. The molecule has 2 aromatic heterocycles. The third kappa shape index (κ3) is 1.42. The lowest BCUT2D eigenvalue weighted by Crippen LogP contribution is -2.42. The number of nitrogens with one attached hydrogen (secondary N) is 1. The SMILES string of the molecule is c1cc2c(N3CC4CCC(C3)O4)n[nH]c2cn1. The predicted molar refractivity (Wildman–Crippen MR) is 64.0 cm³/mol. The van der Waals surface area contributed by atoms with Gasteiger partial charge in [-0.1, -0.05) is 0 Å². The third-order valence-corrected chi connectivity index (χ3v) is 3.69. The molecule has 0 spiro atoms. The van der Waals surface area contributed by atoms with Gasteiger partial charge in [-0.15, -0.1) is 0 Å². The molecule has 0 radical (unpaired) electrons. The number of anilines is 1. The molecule has 2 atom stereocenters. The van der Waals surface area contributed by atoms with Gasteiger partial charge in [0.2, 0.25) is 0 Å². The molecule has 2 unspecified atom stereocenters. The molecular weight excluding hydrogens is 216 g/mol. The second kappa shape index (κ2) is 3.43. The molecule has 2 fully saturated rings. The van der Waals surface area contributed by atoms with Crippen molar-refractivity contribution in [3.8, 4) is 0 Å². The first kappa shape index (κ1) is 9.41. The molecule has 0 saturated carbocycles. The van der Waals surface area contributed by atoms with Crippen LogP contribution in [0.1, 0.15) is 12.8 Å². The average Bonchev–Trinajstić information content (AvgIpc) is 2.93. The lowest BCUT2D eigenvalue weighted by atomic mass is 10.2. The lowest BCUT2D eigenvalue weighted by molar-refractivity contribution is 0.0303. The quantitative estimate of drug-likeness (QED) is 0.803. The van der Waals surface area contributed by atoms with E-state index in [2.05, 4.69) is 20.1 Å². The van der Waals surface area contributed by atoms with Crippen LogP contribution in [0.25, 0.3) is 10.9 Å². The van der Waals surface area contributed by atoms with Crippen LogP contribution in [0.3, 0.4) is 0 Å². The van der Waals surface area contributed by atoms with Crippen molar-refractivity contribution in [3.63, 3.8) is 0 Å². The number of morpholine rings is 1. The zero-order valence-corrected chi connectivity index (χ0v) is 9.47. The van der Waals surface area contributed by atoms with E-state index in [0.29, 0.717) is 12.2 Å². The summed E-state index contributed by atoms with van der Waals surface area (Å²) < 4.78 is 5.85. The summed E-state index contributed by atoms with van der Waals surface area (Å²) >= 11 is 0. The molecule has 2 aliphatic heterocycles. The van der Waals surface area contributed by atoms with Crippen molar-refractivity contribution in [3.05, 3.63) is 18.5 Å². The summed E-state index contributed by atoms with van der Waals surface area (Å²) in [4.78, 5) is 6.44. The molecule has 88 valence electrons. The zero-order chi connectivity index (χ0) is 11.2. The molecule has 4 heterocycles. The van der Waals surface area contributed by atoms with Crippen molar-refractivity contribution in [2.75, 3.05) is 18.0 Å². The Bertz CT molecular complexity index is 540. The van der Waals surface area contributed by atoms with Gasteiger partial charge in [-0.25, -0.2) is 0 Å². The van der Waals surface area contributed by atoms with Crippen LogP contribution in [0, 0.1) is 0 Å². The molecule has 0 aliphatic carbocycles. The molecule has 0 aromatic carbocycles. The van der Waals surface area contributed by atoms with E-state index >= 15 is 0 Å². The molecule has 4 rings (SSSR count). The largest absolute Gasteiger partial charge is 0.371 e. The van der Waals surface area contributed by atoms with E-state index in [1.165, 1.54) is 12.8 Å². The molecule has 5 nitrogen and oxygen atoms in total. The van der Waals surface area contributed by atoms with E-state index in [1.54, 1.807) is 0 Å². The number of pyridine rings is 1. The second-order valence-corrected chi connectivity index (χ2v) is 4.83. The van der Waals surface area contributed by atoms with Crippen LogP contribution >= 0.6 is 0 Å². The number of H-pyrrole nitrogens is 1. The number of hydrogen-bond donors (Lipinski definition) is 1. The van der Waals surface area contributed by atoms with Gasteiger partial charge in [0.25, 0.3) is 0 Å². The van der Waals surface area contributed by atoms with E-state index in [0.717, 1.165) is 29.8 Å². The highest BCUT2D eigenvalue weighted by atomic mass is 16.5. The number of aromatic nitrogens is 3. The minimum atomic E-state index is 0.391. The molecule has 2 bridgehead atoms. The maximum Gasteiger partial charge on any atom is 0.158 e. The van der Waals surface area contributed by atoms with E-state index in [1.807, 2.05) is 18.5 Å². The van der Waals surface area contributed by atoms with Gasteiger partial charge in [0.1, 0.15) is 0 Å². The van der Waals surface area contributed by atoms with Gasteiger partial charge in [0, 0.05) is 24.7 Å². The van der Waals surface area contributed by atoms with Gasteiger partial charge in [-0.2, -0.15) is 5.10 Å². The summed E-state index contributed by atoms with van der Waals surface area (Å²) in [7, 11) is 0. The Balaban J connectivity index is 1.74. The maximum absolute atomic E-state index is 5.85. The Morgan fingerprint density at radius 2 is 2.12 bits per heavy atom. The van der Waals surface area contributed by atoms with E-state index in [4.69, 9.17) is 4.74 Å². The number of nitrogens with zero attached hydrogens (tertiary/aromatic N) is 3. The molecule has 2 aromatic rings. The van der Waals surface area contributed by atoms with E-state index in [9.17, 15) is 0 Å². The van der Waals surface area contributed by atoms with Gasteiger partial charge in [0.15, 0.2) is 5.82 Å². The topological polar surface area (TPSA) is 54.0 Å². The fourth-order valence-electron chi connectivity index (χ4n) is 2.88. The Hall–Kier alpha value is -1.62. The molecule has 1 N–H and O–H groups in total. The third-order valence-electron chi connectivity index (χ3n) is 3.69. The van der Waals surface area contributed by atoms with Gasteiger partial charge in [-0.3, -0.25) is 10.1 Å². The van der Waals surface area contributed by atoms with Crippen LogP contribution in [0.4, 0.5) is 5.82 Å². The van der Waals surface area contributed by atoms with Crippen LogP contribution < -0.4 is 4.90 Å². The van der Waals surface area contributed by atoms with Crippen LogP contribution in [-0.4, -0.2) is 40.5 Å². The van der Waals surface area contributed by atoms with Gasteiger partial charge >= 0.3 is 0 Å². The first-order valence-corrected chi connectivity index (χ1v) is 6.08. The van der Waals surface area contributed by atoms with E-state index in [-0.39, 0.29) is 0 Å². The minimum Gasteiger partial charge on any atom is -0.371 e.